The predicted molar refractivity (Wildman–Crippen MR) is 179 cm³/mol. The van der Waals surface area contributed by atoms with Gasteiger partial charge in [-0.15, -0.1) is 0 Å². The van der Waals surface area contributed by atoms with Gasteiger partial charge in [-0.25, -0.2) is 0 Å². The fourth-order valence-electron chi connectivity index (χ4n) is 9.90. The molecule has 6 nitrogen and oxygen atoms in total. The van der Waals surface area contributed by atoms with Crippen molar-refractivity contribution in [3.8, 4) is 39.6 Å². The number of nitrogens with zero attached hydrogens (tertiary/aromatic N) is 5. The van der Waals surface area contributed by atoms with Gasteiger partial charge in [0.15, 0.2) is 14.3 Å². The van der Waals surface area contributed by atoms with Crippen molar-refractivity contribution in [2.75, 3.05) is 0 Å². The van der Waals surface area contributed by atoms with E-state index in [4.69, 9.17) is 4.74 Å². The highest BCUT2D eigenvalue weighted by Crippen LogP contribution is 2.59. The SMILES string of the molecule is c1ccc2c(c1)-c1ccccc1[Si]21c2ccc3c4c2-n2c5c1cccc5c1ccc[n+](c12)[N+]41c2c(cncc2-c2cccc[n+]21)O3. The highest BCUT2D eigenvalue weighted by atomic mass is 28.3. The molecule has 0 amide bonds. The molecule has 0 bridgehead atoms. The molecule has 0 saturated heterocycles. The minimum Gasteiger partial charge on any atom is -0.442 e. The molecule has 0 saturated carbocycles. The predicted octanol–water partition coefficient (Wildman–Crippen LogP) is 4.39. The van der Waals surface area contributed by atoms with Crippen LogP contribution in [-0.2, 0) is 0 Å². The van der Waals surface area contributed by atoms with Crippen LogP contribution >= 0.6 is 0 Å². The lowest BCUT2D eigenvalue weighted by Gasteiger charge is -2.38. The third-order valence-electron chi connectivity index (χ3n) is 11.3. The van der Waals surface area contributed by atoms with E-state index >= 15 is 0 Å². The maximum absolute atomic E-state index is 6.90. The Morgan fingerprint density at radius 1 is 0.587 bits per heavy atom. The normalized spacial score (nSPS) is 18.4. The lowest BCUT2D eigenvalue weighted by atomic mass is 10.1. The summed E-state index contributed by atoms with van der Waals surface area (Å²) in [5.41, 5.74) is 11.0. The van der Waals surface area contributed by atoms with Gasteiger partial charge in [-0.05, 0) is 51.8 Å². The molecule has 8 aromatic rings. The lowest BCUT2D eigenvalue weighted by molar-refractivity contribution is -1.02. The summed E-state index contributed by atoms with van der Waals surface area (Å²) >= 11 is 0. The van der Waals surface area contributed by atoms with Gasteiger partial charge in [0, 0.05) is 43.4 Å². The van der Waals surface area contributed by atoms with Gasteiger partial charge < -0.3 is 4.74 Å². The molecule has 210 valence electrons. The van der Waals surface area contributed by atoms with E-state index in [9.17, 15) is 0 Å². The summed E-state index contributed by atoms with van der Waals surface area (Å²) in [5.74, 6) is 1.66. The number of ether oxygens (including phenoxy) is 1. The zero-order chi connectivity index (χ0) is 29.5. The second-order valence-corrected chi connectivity index (χ2v) is 16.6. The molecule has 4 aromatic heterocycles. The second-order valence-electron chi connectivity index (χ2n) is 12.9. The van der Waals surface area contributed by atoms with Gasteiger partial charge in [-0.2, -0.15) is 4.57 Å². The zero-order valence-electron chi connectivity index (χ0n) is 24.3. The molecule has 0 fully saturated rings. The van der Waals surface area contributed by atoms with Crippen LogP contribution in [0.1, 0.15) is 0 Å². The van der Waals surface area contributed by atoms with Crippen LogP contribution in [0.3, 0.4) is 0 Å². The van der Waals surface area contributed by atoms with Crippen molar-refractivity contribution >= 4 is 62.1 Å². The number of para-hydroxylation sites is 1. The van der Waals surface area contributed by atoms with E-state index in [1.54, 1.807) is 0 Å². The smallest absolute Gasteiger partial charge is 0.352 e. The molecule has 4 aromatic carbocycles. The van der Waals surface area contributed by atoms with Gasteiger partial charge in [0.25, 0.3) is 5.69 Å². The first-order valence-corrected chi connectivity index (χ1v) is 17.8. The minimum atomic E-state index is -2.77. The molecular weight excluding hydrogens is 583 g/mol. The maximum atomic E-state index is 6.90. The Bertz CT molecular complexity index is 2750. The maximum Gasteiger partial charge on any atom is 0.352 e. The van der Waals surface area contributed by atoms with Crippen LogP contribution in [0.25, 0.3) is 50.0 Å². The average molecular weight is 605 g/mol. The number of fused-ring (bicyclic) bond motifs is 10. The third kappa shape index (κ3) is 2.00. The van der Waals surface area contributed by atoms with Gasteiger partial charge in [0.05, 0.1) is 11.6 Å². The minimum absolute atomic E-state index is 0.360. The van der Waals surface area contributed by atoms with Gasteiger partial charge in [-0.1, -0.05) is 66.7 Å². The summed E-state index contributed by atoms with van der Waals surface area (Å²) in [6, 6.07) is 41.0. The van der Waals surface area contributed by atoms with Crippen molar-refractivity contribution in [2.45, 2.75) is 0 Å². The van der Waals surface area contributed by atoms with Gasteiger partial charge >= 0.3 is 17.0 Å². The summed E-state index contributed by atoms with van der Waals surface area (Å²) in [7, 11) is -2.77. The Labute approximate surface area is 263 Å². The highest BCUT2D eigenvalue weighted by Gasteiger charge is 2.71. The molecular formula is C39H22N5OSi+3. The third-order valence-corrected chi connectivity index (χ3v) is 16.2. The molecule has 0 aliphatic carbocycles. The van der Waals surface area contributed by atoms with E-state index in [-0.39, 0.29) is 0 Å². The van der Waals surface area contributed by atoms with Crippen molar-refractivity contribution in [1.82, 2.24) is 14.3 Å². The Kier molecular flexibility index (Phi) is 3.43. The number of quaternary nitrogens is 1. The molecule has 0 N–H and O–H groups in total. The molecule has 1 unspecified atom stereocenters. The molecule has 13 rings (SSSR count). The number of hydrogen-bond donors (Lipinski definition) is 0. The fourth-order valence-corrected chi connectivity index (χ4v) is 15.4. The molecule has 5 aliphatic heterocycles. The first-order valence-electron chi connectivity index (χ1n) is 15.8. The molecule has 46 heavy (non-hydrogen) atoms. The van der Waals surface area contributed by atoms with Gasteiger partial charge in [0.2, 0.25) is 23.4 Å². The quantitative estimate of drug-likeness (QED) is 0.146. The van der Waals surface area contributed by atoms with E-state index in [1.165, 1.54) is 59.5 Å². The molecule has 5 aliphatic rings. The summed E-state index contributed by atoms with van der Waals surface area (Å²) in [6.07, 6.45) is 8.36. The van der Waals surface area contributed by atoms with Crippen LogP contribution in [0.2, 0.25) is 0 Å². The van der Waals surface area contributed by atoms with Crippen LogP contribution in [-0.4, -0.2) is 17.6 Å². The average Bonchev–Trinajstić information content (AvgIpc) is 3.72. The Balaban J connectivity index is 1.37. The molecule has 9 heterocycles. The topological polar surface area (TPSA) is 34.8 Å². The summed E-state index contributed by atoms with van der Waals surface area (Å²) < 4.78 is 14.7. The van der Waals surface area contributed by atoms with Gasteiger partial charge in [0.1, 0.15) is 15.8 Å². The largest absolute Gasteiger partial charge is 0.442 e. The summed E-state index contributed by atoms with van der Waals surface area (Å²) in [4.78, 5) is 4.68. The van der Waals surface area contributed by atoms with Crippen LogP contribution in [0.5, 0.6) is 11.5 Å². The number of aromatic nitrogens is 4. The lowest BCUT2D eigenvalue weighted by Crippen LogP contribution is -2.85. The molecule has 0 radical (unpaired) electrons. The Morgan fingerprint density at radius 3 is 2.22 bits per heavy atom. The van der Waals surface area contributed by atoms with Crippen LogP contribution in [0.15, 0.2) is 134 Å². The molecule has 1 atom stereocenters. The number of benzene rings is 4. The number of pyridine rings is 3. The Morgan fingerprint density at radius 2 is 1.35 bits per heavy atom. The van der Waals surface area contributed by atoms with Crippen molar-refractivity contribution in [3.63, 3.8) is 0 Å². The van der Waals surface area contributed by atoms with Crippen molar-refractivity contribution in [2.24, 2.45) is 0 Å². The monoisotopic (exact) mass is 604 g/mol. The van der Waals surface area contributed by atoms with E-state index in [2.05, 4.69) is 140 Å². The van der Waals surface area contributed by atoms with Crippen molar-refractivity contribution < 1.29 is 14.1 Å². The van der Waals surface area contributed by atoms with Crippen LogP contribution in [0.4, 0.5) is 11.4 Å². The summed E-state index contributed by atoms with van der Waals surface area (Å²) in [6.45, 7) is 0. The first-order chi connectivity index (χ1) is 22.8. The van der Waals surface area contributed by atoms with Crippen molar-refractivity contribution in [1.29, 1.82) is 0 Å². The van der Waals surface area contributed by atoms with Crippen LogP contribution in [0, 0.1) is 0 Å². The molecule has 2 spiro atoms. The Hall–Kier alpha value is -5.89. The summed E-state index contributed by atoms with van der Waals surface area (Å²) in [5, 5.41) is 8.37. The van der Waals surface area contributed by atoms with Crippen molar-refractivity contribution in [3.05, 3.63) is 134 Å². The zero-order valence-corrected chi connectivity index (χ0v) is 25.3. The van der Waals surface area contributed by atoms with E-state index in [0.717, 1.165) is 34.1 Å². The number of rotatable bonds is 0. The van der Waals surface area contributed by atoms with E-state index in [0.29, 0.717) is 4.70 Å². The van der Waals surface area contributed by atoms with Crippen LogP contribution < -0.4 is 39.5 Å². The standard InChI is InChI=1S/C39H22N5OSi/c1-3-14-31-23(9-1)24-10-2-4-15-32(24)46(31)33-16-7-11-25-26-12-8-20-42-39(26)43(35(25)33)36-34(46)18-17-29-38(36)44(42)37-27(21-40-22-30(37)45-29)28-13-5-6-19-41(28)44/h1-22H/q+3. The second kappa shape index (κ2) is 6.99. The fraction of sp³-hybridized carbons (Fsp3) is 0. The van der Waals surface area contributed by atoms with Gasteiger partial charge in [-0.3, -0.25) is 4.98 Å². The first kappa shape index (κ1) is 22.6. The highest BCUT2D eigenvalue weighted by molar-refractivity contribution is 7.23. The van der Waals surface area contributed by atoms with E-state index in [1.807, 2.05) is 12.4 Å². The van der Waals surface area contributed by atoms with E-state index < -0.39 is 8.07 Å². The molecule has 7 heteroatoms. The number of hydrogen-bond acceptors (Lipinski definition) is 2.